The Morgan fingerprint density at radius 1 is 1.15 bits per heavy atom. The molecular weight excluding hydrogens is 374 g/mol. The lowest BCUT2D eigenvalue weighted by atomic mass is 10.1. The molecule has 0 radical (unpaired) electrons. The van der Waals surface area contributed by atoms with E-state index < -0.39 is 0 Å². The van der Waals surface area contributed by atoms with Gasteiger partial charge in [-0.1, -0.05) is 47.2 Å². The summed E-state index contributed by atoms with van der Waals surface area (Å²) >= 11 is 7.31. The second kappa shape index (κ2) is 8.64. The molecular formula is C18H16ClN3O3S. The fraction of sp³-hybridized carbons (Fsp3) is 0.167. The summed E-state index contributed by atoms with van der Waals surface area (Å²) in [5, 5.41) is 12.5. The number of ether oxygens (including phenoxy) is 2. The predicted molar refractivity (Wildman–Crippen MR) is 101 cm³/mol. The topological polar surface area (TPSA) is 73.3 Å². The maximum Gasteiger partial charge on any atom is 0.264 e. The van der Waals surface area contributed by atoms with Crippen LogP contribution in [0.3, 0.4) is 0 Å². The Morgan fingerprint density at radius 3 is 2.65 bits per heavy atom. The van der Waals surface area contributed by atoms with Crippen molar-refractivity contribution in [2.75, 3.05) is 19.0 Å². The van der Waals surface area contributed by atoms with Gasteiger partial charge in [-0.2, -0.15) is 0 Å². The molecule has 0 fully saturated rings. The molecule has 0 aliphatic rings. The summed E-state index contributed by atoms with van der Waals surface area (Å²) in [4.78, 5) is 12.0. The Hall–Kier alpha value is -2.64. The van der Waals surface area contributed by atoms with Crippen molar-refractivity contribution < 1.29 is 14.3 Å². The van der Waals surface area contributed by atoms with E-state index in [1.165, 1.54) is 11.3 Å². The third-order valence-electron chi connectivity index (χ3n) is 3.42. The van der Waals surface area contributed by atoms with Crippen LogP contribution in [-0.2, 0) is 11.2 Å². The van der Waals surface area contributed by atoms with E-state index in [1.807, 2.05) is 24.3 Å². The zero-order valence-electron chi connectivity index (χ0n) is 13.9. The number of hydrogen-bond acceptors (Lipinski definition) is 6. The summed E-state index contributed by atoms with van der Waals surface area (Å²) < 4.78 is 10.5. The molecule has 26 heavy (non-hydrogen) atoms. The lowest BCUT2D eigenvalue weighted by molar-refractivity contribution is -0.118. The molecule has 3 rings (SSSR count). The Morgan fingerprint density at radius 2 is 1.92 bits per heavy atom. The molecule has 0 aliphatic carbocycles. The van der Waals surface area contributed by atoms with Crippen LogP contribution in [0.15, 0.2) is 48.5 Å². The number of para-hydroxylation sites is 1. The highest BCUT2D eigenvalue weighted by Crippen LogP contribution is 2.23. The Balaban J connectivity index is 1.52. The largest absolute Gasteiger partial charge is 0.497 e. The number of rotatable bonds is 7. The number of hydrogen-bond donors (Lipinski definition) is 1. The molecule has 1 heterocycles. The standard InChI is InChI=1S/C18H16ClN3O3S/c1-24-13-8-6-12(7-9-13)10-17-21-22-18(26-17)20-16(23)11-25-15-5-3-2-4-14(15)19/h2-9H,10-11H2,1H3,(H,20,22,23). The van der Waals surface area contributed by atoms with E-state index >= 15 is 0 Å². The number of nitrogens with zero attached hydrogens (tertiary/aromatic N) is 2. The van der Waals surface area contributed by atoms with Gasteiger partial charge in [0.05, 0.1) is 12.1 Å². The van der Waals surface area contributed by atoms with Crippen LogP contribution < -0.4 is 14.8 Å². The summed E-state index contributed by atoms with van der Waals surface area (Å²) in [6.45, 7) is -0.156. The van der Waals surface area contributed by atoms with Crippen molar-refractivity contribution in [2.45, 2.75) is 6.42 Å². The van der Waals surface area contributed by atoms with E-state index in [0.717, 1.165) is 16.3 Å². The van der Waals surface area contributed by atoms with E-state index in [2.05, 4.69) is 15.5 Å². The highest BCUT2D eigenvalue weighted by atomic mass is 35.5. The normalized spacial score (nSPS) is 10.4. The molecule has 1 N–H and O–H groups in total. The quantitative estimate of drug-likeness (QED) is 0.665. The number of anilines is 1. The molecule has 8 heteroatoms. The molecule has 1 aromatic heterocycles. The van der Waals surface area contributed by atoms with E-state index in [9.17, 15) is 4.79 Å². The van der Waals surface area contributed by atoms with Gasteiger partial charge in [0, 0.05) is 6.42 Å². The minimum Gasteiger partial charge on any atom is -0.497 e. The van der Waals surface area contributed by atoms with E-state index in [4.69, 9.17) is 21.1 Å². The van der Waals surface area contributed by atoms with E-state index in [0.29, 0.717) is 22.3 Å². The third kappa shape index (κ3) is 4.93. The summed E-state index contributed by atoms with van der Waals surface area (Å²) in [6.07, 6.45) is 0.633. The molecule has 2 aromatic carbocycles. The van der Waals surface area contributed by atoms with Crippen LogP contribution in [0, 0.1) is 0 Å². The number of nitrogens with one attached hydrogen (secondary N) is 1. The summed E-state index contributed by atoms with van der Waals surface area (Å²) in [5.74, 6) is 0.941. The minimum absolute atomic E-state index is 0.156. The van der Waals surface area contributed by atoms with Crippen LogP contribution in [0.4, 0.5) is 5.13 Å². The van der Waals surface area contributed by atoms with Gasteiger partial charge in [-0.15, -0.1) is 10.2 Å². The minimum atomic E-state index is -0.322. The SMILES string of the molecule is COc1ccc(Cc2nnc(NC(=O)COc3ccccc3Cl)s2)cc1. The second-order valence-corrected chi connectivity index (χ2v) is 6.76. The monoisotopic (exact) mass is 389 g/mol. The molecule has 0 saturated carbocycles. The molecule has 0 bridgehead atoms. The first-order valence-electron chi connectivity index (χ1n) is 7.76. The first-order valence-corrected chi connectivity index (χ1v) is 8.96. The first kappa shape index (κ1) is 18.2. The van der Waals surface area contributed by atoms with Gasteiger partial charge < -0.3 is 9.47 Å². The maximum atomic E-state index is 12.0. The maximum absolute atomic E-state index is 12.0. The van der Waals surface area contributed by atoms with E-state index in [1.54, 1.807) is 31.4 Å². The van der Waals surface area contributed by atoms with Gasteiger partial charge in [0.1, 0.15) is 16.5 Å². The molecule has 0 spiro atoms. The van der Waals surface area contributed by atoms with Gasteiger partial charge >= 0.3 is 0 Å². The third-order valence-corrected chi connectivity index (χ3v) is 4.57. The number of aromatic nitrogens is 2. The van der Waals surface area contributed by atoms with Crippen molar-refractivity contribution in [3.8, 4) is 11.5 Å². The molecule has 0 unspecified atom stereocenters. The number of carbonyl (C=O) groups is 1. The van der Waals surface area contributed by atoms with Gasteiger partial charge in [-0.3, -0.25) is 10.1 Å². The van der Waals surface area contributed by atoms with Crippen molar-refractivity contribution >= 4 is 34.0 Å². The number of amides is 1. The lowest BCUT2D eigenvalue weighted by Crippen LogP contribution is -2.20. The zero-order chi connectivity index (χ0) is 18.4. The summed E-state index contributed by atoms with van der Waals surface area (Å²) in [5.41, 5.74) is 1.09. The average molecular weight is 390 g/mol. The smallest absolute Gasteiger partial charge is 0.264 e. The molecule has 1 amide bonds. The Kier molecular flexibility index (Phi) is 6.04. The van der Waals surface area contributed by atoms with Gasteiger partial charge in [-0.25, -0.2) is 0 Å². The van der Waals surface area contributed by atoms with Crippen LogP contribution >= 0.6 is 22.9 Å². The molecule has 0 atom stereocenters. The number of carbonyl (C=O) groups excluding carboxylic acids is 1. The van der Waals surface area contributed by atoms with Crippen LogP contribution in [0.5, 0.6) is 11.5 Å². The van der Waals surface area contributed by atoms with Crippen LogP contribution in [-0.4, -0.2) is 29.8 Å². The van der Waals surface area contributed by atoms with Gasteiger partial charge in [0.2, 0.25) is 5.13 Å². The zero-order valence-corrected chi connectivity index (χ0v) is 15.5. The van der Waals surface area contributed by atoms with Crippen LogP contribution in [0.2, 0.25) is 5.02 Å². The highest BCUT2D eigenvalue weighted by molar-refractivity contribution is 7.15. The Bertz CT molecular complexity index is 883. The van der Waals surface area contributed by atoms with Crippen molar-refractivity contribution in [3.63, 3.8) is 0 Å². The predicted octanol–water partition coefficient (Wildman–Crippen LogP) is 3.81. The second-order valence-electron chi connectivity index (χ2n) is 5.29. The molecule has 3 aromatic rings. The van der Waals surface area contributed by atoms with Crippen LogP contribution in [0.1, 0.15) is 10.6 Å². The van der Waals surface area contributed by atoms with Gasteiger partial charge in [0.25, 0.3) is 5.91 Å². The highest BCUT2D eigenvalue weighted by Gasteiger charge is 2.10. The molecule has 0 saturated heterocycles. The number of halogens is 1. The average Bonchev–Trinajstić information content (AvgIpc) is 3.08. The number of benzene rings is 2. The van der Waals surface area contributed by atoms with Crippen LogP contribution in [0.25, 0.3) is 0 Å². The van der Waals surface area contributed by atoms with Gasteiger partial charge in [0.15, 0.2) is 6.61 Å². The van der Waals surface area contributed by atoms with Gasteiger partial charge in [-0.05, 0) is 29.8 Å². The summed E-state index contributed by atoms with van der Waals surface area (Å²) in [7, 11) is 1.63. The molecule has 134 valence electrons. The van der Waals surface area contributed by atoms with E-state index in [-0.39, 0.29) is 12.5 Å². The van der Waals surface area contributed by atoms with Crippen molar-refractivity contribution in [2.24, 2.45) is 0 Å². The number of methoxy groups -OCH3 is 1. The Labute approximate surface area is 159 Å². The van der Waals surface area contributed by atoms with Crippen molar-refractivity contribution in [1.29, 1.82) is 0 Å². The molecule has 0 aliphatic heterocycles. The van der Waals surface area contributed by atoms with Crippen molar-refractivity contribution in [1.82, 2.24) is 10.2 Å². The first-order chi connectivity index (χ1) is 12.6. The summed E-state index contributed by atoms with van der Waals surface area (Å²) in [6, 6.07) is 14.7. The fourth-order valence-electron chi connectivity index (χ4n) is 2.15. The van der Waals surface area contributed by atoms with Crippen molar-refractivity contribution in [3.05, 3.63) is 64.1 Å². The lowest BCUT2D eigenvalue weighted by Gasteiger charge is -2.06. The molecule has 6 nitrogen and oxygen atoms in total. The fourth-order valence-corrected chi connectivity index (χ4v) is 3.13.